The number of carbonyl (C=O) groups is 2. The summed E-state index contributed by atoms with van der Waals surface area (Å²) in [6.45, 7) is 2.61. The quantitative estimate of drug-likeness (QED) is 0.503. The van der Waals surface area contributed by atoms with Crippen LogP contribution in [-0.4, -0.2) is 24.6 Å². The molecule has 0 aromatic heterocycles. The van der Waals surface area contributed by atoms with Crippen LogP contribution in [0.25, 0.3) is 0 Å². The Kier molecular flexibility index (Phi) is 4.45. The summed E-state index contributed by atoms with van der Waals surface area (Å²) >= 11 is 0. The molecule has 5 nitrogen and oxygen atoms in total. The van der Waals surface area contributed by atoms with E-state index in [-0.39, 0.29) is 5.69 Å². The fourth-order valence-corrected chi connectivity index (χ4v) is 1.83. The number of unbranched alkanes of at least 4 members (excludes halogenated alkanes) is 1. The van der Waals surface area contributed by atoms with E-state index in [1.807, 2.05) is 6.92 Å². The average Bonchev–Trinajstić information content (AvgIpc) is 2.52. The molecule has 1 aliphatic rings. The third-order valence-electron chi connectivity index (χ3n) is 2.96. The van der Waals surface area contributed by atoms with Crippen LogP contribution in [0.5, 0.6) is 0 Å². The number of anilines is 2. The highest BCUT2D eigenvalue weighted by molar-refractivity contribution is 6.23. The predicted molar refractivity (Wildman–Crippen MR) is 75.4 cm³/mol. The summed E-state index contributed by atoms with van der Waals surface area (Å²) in [5.41, 5.74) is 0.641. The molecule has 0 radical (unpaired) electrons. The Morgan fingerprint density at radius 3 is 2.65 bits per heavy atom. The normalized spacial score (nSPS) is 18.4. The van der Waals surface area contributed by atoms with E-state index in [1.54, 1.807) is 0 Å². The molecule has 0 saturated carbocycles. The van der Waals surface area contributed by atoms with Gasteiger partial charge in [-0.25, -0.2) is 4.39 Å². The van der Waals surface area contributed by atoms with Gasteiger partial charge in [0.15, 0.2) is 5.92 Å². The summed E-state index contributed by atoms with van der Waals surface area (Å²) in [5, 5.41) is 5.12. The van der Waals surface area contributed by atoms with Crippen molar-refractivity contribution in [3.05, 3.63) is 24.0 Å². The molecule has 6 heteroatoms. The highest BCUT2D eigenvalue weighted by atomic mass is 19.1. The second-order valence-corrected chi connectivity index (χ2v) is 4.55. The van der Waals surface area contributed by atoms with Crippen molar-refractivity contribution in [3.8, 4) is 0 Å². The van der Waals surface area contributed by atoms with Crippen LogP contribution < -0.4 is 10.6 Å². The topological polar surface area (TPSA) is 70.6 Å². The van der Waals surface area contributed by atoms with Gasteiger partial charge in [-0.1, -0.05) is 13.3 Å². The monoisotopic (exact) mass is 277 g/mol. The van der Waals surface area contributed by atoms with Crippen molar-refractivity contribution < 1.29 is 14.0 Å². The minimum atomic E-state index is -0.998. The summed E-state index contributed by atoms with van der Waals surface area (Å²) in [6, 6.07) is 3.81. The summed E-state index contributed by atoms with van der Waals surface area (Å²) in [6.07, 6.45) is 3.24. The maximum Gasteiger partial charge on any atom is 0.242 e. The first-order valence-corrected chi connectivity index (χ1v) is 6.53. The first-order chi connectivity index (χ1) is 9.61. The maximum absolute atomic E-state index is 13.1. The minimum absolute atomic E-state index is 0.257. The zero-order chi connectivity index (χ0) is 14.5. The lowest BCUT2D eigenvalue weighted by molar-refractivity contribution is -0.126. The number of fused-ring (bicyclic) bond motifs is 1. The summed E-state index contributed by atoms with van der Waals surface area (Å²) in [5.74, 6) is -2.45. The molecule has 106 valence electrons. The summed E-state index contributed by atoms with van der Waals surface area (Å²) in [4.78, 5) is 28.0. The molecule has 2 N–H and O–H groups in total. The van der Waals surface area contributed by atoms with Crippen LogP contribution in [0, 0.1) is 11.7 Å². The van der Waals surface area contributed by atoms with Gasteiger partial charge in [-0.05, 0) is 24.6 Å². The lowest BCUT2D eigenvalue weighted by atomic mass is 10.1. The molecule has 1 aromatic rings. The lowest BCUT2D eigenvalue weighted by Gasteiger charge is -2.05. The molecule has 1 unspecified atom stereocenters. The van der Waals surface area contributed by atoms with E-state index in [4.69, 9.17) is 0 Å². The number of hydrogen-bond acceptors (Lipinski definition) is 3. The zero-order valence-corrected chi connectivity index (χ0v) is 11.1. The molecule has 1 atom stereocenters. The van der Waals surface area contributed by atoms with Crippen molar-refractivity contribution in [2.45, 2.75) is 19.8 Å². The van der Waals surface area contributed by atoms with Crippen molar-refractivity contribution >= 4 is 29.4 Å². The van der Waals surface area contributed by atoms with Crippen molar-refractivity contribution in [1.82, 2.24) is 0 Å². The van der Waals surface area contributed by atoms with Gasteiger partial charge in [0.2, 0.25) is 11.8 Å². The third kappa shape index (κ3) is 3.20. The van der Waals surface area contributed by atoms with Crippen LogP contribution in [-0.2, 0) is 9.59 Å². The van der Waals surface area contributed by atoms with Crippen LogP contribution in [0.1, 0.15) is 19.8 Å². The SMILES string of the molecule is CCCCN=CC1C(=O)Nc2ccc(F)cc2NC1=O. The Hall–Kier alpha value is -2.24. The van der Waals surface area contributed by atoms with Gasteiger partial charge < -0.3 is 10.6 Å². The van der Waals surface area contributed by atoms with Gasteiger partial charge in [0.1, 0.15) is 5.82 Å². The third-order valence-corrected chi connectivity index (χ3v) is 2.96. The van der Waals surface area contributed by atoms with Crippen LogP contribution >= 0.6 is 0 Å². The van der Waals surface area contributed by atoms with Crippen molar-refractivity contribution in [1.29, 1.82) is 0 Å². The highest BCUT2D eigenvalue weighted by Gasteiger charge is 2.29. The van der Waals surface area contributed by atoms with Gasteiger partial charge in [-0.3, -0.25) is 14.6 Å². The Morgan fingerprint density at radius 1 is 1.25 bits per heavy atom. The van der Waals surface area contributed by atoms with Crippen molar-refractivity contribution in [3.63, 3.8) is 0 Å². The van der Waals surface area contributed by atoms with Crippen LogP contribution in [0.3, 0.4) is 0 Å². The Bertz CT molecular complexity index is 557. The van der Waals surface area contributed by atoms with Crippen molar-refractivity contribution in [2.75, 3.05) is 17.2 Å². The maximum atomic E-state index is 13.1. The molecule has 0 bridgehead atoms. The number of nitrogens with one attached hydrogen (secondary N) is 2. The standard InChI is InChI=1S/C14H16FN3O2/c1-2-3-6-16-8-10-13(19)17-11-5-4-9(15)7-12(11)18-14(10)20/h4-5,7-8,10H,2-3,6H2,1H3,(H,17,19)(H,18,20). The molecule has 0 saturated heterocycles. The smallest absolute Gasteiger partial charge is 0.242 e. The Morgan fingerprint density at radius 2 is 1.95 bits per heavy atom. The highest BCUT2D eigenvalue weighted by Crippen LogP contribution is 2.26. The Labute approximate surface area is 116 Å². The summed E-state index contributed by atoms with van der Waals surface area (Å²) < 4.78 is 13.1. The second-order valence-electron chi connectivity index (χ2n) is 4.55. The van der Waals surface area contributed by atoms with E-state index in [9.17, 15) is 14.0 Å². The number of rotatable bonds is 4. The van der Waals surface area contributed by atoms with E-state index >= 15 is 0 Å². The number of amides is 2. The number of carbonyl (C=O) groups excluding carboxylic acids is 2. The number of hydrogen-bond donors (Lipinski definition) is 2. The van der Waals surface area contributed by atoms with Gasteiger partial charge in [0.05, 0.1) is 11.4 Å². The number of halogens is 1. The van der Waals surface area contributed by atoms with E-state index < -0.39 is 23.5 Å². The zero-order valence-electron chi connectivity index (χ0n) is 11.1. The summed E-state index contributed by atoms with van der Waals surface area (Å²) in [7, 11) is 0. The van der Waals surface area contributed by atoms with Crippen LogP contribution in [0.4, 0.5) is 15.8 Å². The van der Waals surface area contributed by atoms with Gasteiger partial charge >= 0.3 is 0 Å². The average molecular weight is 277 g/mol. The fraction of sp³-hybridized carbons (Fsp3) is 0.357. The second kappa shape index (κ2) is 6.27. The Balaban J connectivity index is 2.17. The molecule has 1 aromatic carbocycles. The molecule has 0 fully saturated rings. The van der Waals surface area contributed by atoms with Gasteiger partial charge in [-0.15, -0.1) is 0 Å². The molecular weight excluding hydrogens is 261 g/mol. The number of nitrogens with zero attached hydrogens (tertiary/aromatic N) is 1. The molecule has 1 heterocycles. The molecular formula is C14H16FN3O2. The lowest BCUT2D eigenvalue weighted by Crippen LogP contribution is -2.32. The van der Waals surface area contributed by atoms with Crippen molar-refractivity contribution in [2.24, 2.45) is 10.9 Å². The van der Waals surface area contributed by atoms with E-state index in [2.05, 4.69) is 15.6 Å². The minimum Gasteiger partial charge on any atom is -0.323 e. The molecule has 2 amide bonds. The van der Waals surface area contributed by atoms with Crippen LogP contribution in [0.2, 0.25) is 0 Å². The van der Waals surface area contributed by atoms with E-state index in [1.165, 1.54) is 24.4 Å². The molecule has 0 aliphatic carbocycles. The molecule has 1 aliphatic heterocycles. The van der Waals surface area contributed by atoms with Gasteiger partial charge in [0.25, 0.3) is 0 Å². The van der Waals surface area contributed by atoms with Crippen LogP contribution in [0.15, 0.2) is 23.2 Å². The first kappa shape index (κ1) is 14.2. The predicted octanol–water partition coefficient (Wildman–Crippen LogP) is 2.20. The number of benzene rings is 1. The van der Waals surface area contributed by atoms with Gasteiger partial charge in [0, 0.05) is 12.8 Å². The molecule has 0 spiro atoms. The van der Waals surface area contributed by atoms with E-state index in [0.717, 1.165) is 12.8 Å². The number of aliphatic imine (C=N–C) groups is 1. The van der Waals surface area contributed by atoms with E-state index in [0.29, 0.717) is 12.2 Å². The fourth-order valence-electron chi connectivity index (χ4n) is 1.83. The first-order valence-electron chi connectivity index (χ1n) is 6.53. The largest absolute Gasteiger partial charge is 0.323 e. The molecule has 20 heavy (non-hydrogen) atoms. The van der Waals surface area contributed by atoms with Gasteiger partial charge in [-0.2, -0.15) is 0 Å². The molecule has 2 rings (SSSR count).